The summed E-state index contributed by atoms with van der Waals surface area (Å²) >= 11 is 0. The molecule has 1 saturated heterocycles. The van der Waals surface area contributed by atoms with E-state index in [0.717, 1.165) is 11.4 Å². The molecule has 1 aromatic rings. The number of ether oxygens (including phenoxy) is 1. The third-order valence-electron chi connectivity index (χ3n) is 5.87. The van der Waals surface area contributed by atoms with Crippen molar-refractivity contribution in [3.63, 3.8) is 0 Å². The largest absolute Gasteiger partial charge is 0.497 e. The molecule has 1 aromatic carbocycles. The second kappa shape index (κ2) is 8.61. The molecule has 4 nitrogen and oxygen atoms in total. The molecular formula is C22H35NO3Si. The van der Waals surface area contributed by atoms with Crippen molar-refractivity contribution in [3.8, 4) is 5.75 Å². The van der Waals surface area contributed by atoms with Crippen molar-refractivity contribution in [2.24, 2.45) is 0 Å². The summed E-state index contributed by atoms with van der Waals surface area (Å²) in [6, 6.07) is 7.58. The summed E-state index contributed by atoms with van der Waals surface area (Å²) in [5, 5.41) is 0. The predicted octanol–water partition coefficient (Wildman–Crippen LogP) is 5.55. The smallest absolute Gasteiger partial charge is 0.258 e. The number of allylic oxidation sites excluding steroid dienone is 1. The van der Waals surface area contributed by atoms with Gasteiger partial charge < -0.3 is 14.1 Å². The summed E-state index contributed by atoms with van der Waals surface area (Å²) in [7, 11) is -0.477. The molecule has 0 N–H and O–H groups in total. The van der Waals surface area contributed by atoms with Gasteiger partial charge in [-0.05, 0) is 47.8 Å². The van der Waals surface area contributed by atoms with Crippen molar-refractivity contribution in [1.29, 1.82) is 0 Å². The Hall–Kier alpha value is -1.59. The van der Waals surface area contributed by atoms with Crippen molar-refractivity contribution in [2.75, 3.05) is 12.0 Å². The predicted molar refractivity (Wildman–Crippen MR) is 115 cm³/mol. The van der Waals surface area contributed by atoms with Gasteiger partial charge in [-0.3, -0.25) is 4.79 Å². The lowest BCUT2D eigenvalue weighted by Crippen LogP contribution is -2.69. The van der Waals surface area contributed by atoms with E-state index in [0.29, 0.717) is 16.6 Å². The van der Waals surface area contributed by atoms with Crippen molar-refractivity contribution < 1.29 is 14.0 Å². The van der Waals surface area contributed by atoms with Crippen LogP contribution >= 0.6 is 0 Å². The van der Waals surface area contributed by atoms with Gasteiger partial charge in [0.15, 0.2) is 0 Å². The number of amides is 1. The maximum atomic E-state index is 13.1. The van der Waals surface area contributed by atoms with Gasteiger partial charge in [-0.15, -0.1) is 0 Å². The van der Waals surface area contributed by atoms with E-state index in [4.69, 9.17) is 9.16 Å². The molecule has 27 heavy (non-hydrogen) atoms. The van der Waals surface area contributed by atoms with Crippen LogP contribution in [0.3, 0.4) is 0 Å². The first-order chi connectivity index (χ1) is 12.7. The van der Waals surface area contributed by atoms with Crippen LogP contribution in [0.15, 0.2) is 36.4 Å². The lowest BCUT2D eigenvalue weighted by molar-refractivity contribution is -0.134. The van der Waals surface area contributed by atoms with E-state index in [1.165, 1.54) is 0 Å². The summed E-state index contributed by atoms with van der Waals surface area (Å²) in [6.45, 7) is 15.5. The third kappa shape index (κ3) is 3.85. The van der Waals surface area contributed by atoms with Crippen LogP contribution in [0.5, 0.6) is 5.75 Å². The number of hydrogen-bond donors (Lipinski definition) is 0. The molecule has 0 bridgehead atoms. The number of methoxy groups -OCH3 is 1. The van der Waals surface area contributed by atoms with Crippen molar-refractivity contribution in [3.05, 3.63) is 36.4 Å². The maximum absolute atomic E-state index is 13.1. The van der Waals surface area contributed by atoms with Gasteiger partial charge >= 0.3 is 0 Å². The molecule has 2 atom stereocenters. The fraction of sp³-hybridized carbons (Fsp3) is 0.591. The highest BCUT2D eigenvalue weighted by Gasteiger charge is 2.55. The Bertz CT molecular complexity index is 645. The van der Waals surface area contributed by atoms with Crippen molar-refractivity contribution in [1.82, 2.24) is 0 Å². The highest BCUT2D eigenvalue weighted by Crippen LogP contribution is 2.45. The highest BCUT2D eigenvalue weighted by molar-refractivity contribution is 6.77. The summed E-state index contributed by atoms with van der Waals surface area (Å²) in [4.78, 5) is 14.9. The standard InChI is InChI=1S/C22H35NO3Si/c1-9-10-20-21(26-27(15(2)3,16(4)5)17(6)7)22(24)23(20)18-11-13-19(25-8)14-12-18/h9-17,20-21H,1-8H3/t20-,21+/m0/s1. The molecule has 0 radical (unpaired) electrons. The second-order valence-electron chi connectivity index (χ2n) is 8.28. The number of anilines is 1. The van der Waals surface area contributed by atoms with Gasteiger partial charge in [-0.1, -0.05) is 53.7 Å². The molecule has 1 aliphatic rings. The number of rotatable bonds is 8. The molecule has 5 heteroatoms. The SMILES string of the molecule is CC=C[C@H]1[C@@H](O[Si](C(C)C)(C(C)C)C(C)C)C(=O)N1c1ccc(OC)cc1. The third-order valence-corrected chi connectivity index (χ3v) is 11.9. The Kier molecular flexibility index (Phi) is 6.92. The van der Waals surface area contributed by atoms with Crippen LogP contribution in [0.1, 0.15) is 48.5 Å². The normalized spacial score (nSPS) is 20.9. The van der Waals surface area contributed by atoms with Gasteiger partial charge in [-0.2, -0.15) is 0 Å². The number of carbonyl (C=O) groups excluding carboxylic acids is 1. The number of nitrogens with zero attached hydrogens (tertiary/aromatic N) is 1. The minimum absolute atomic E-state index is 0.0565. The van der Waals surface area contributed by atoms with E-state index >= 15 is 0 Å². The van der Waals surface area contributed by atoms with Gasteiger partial charge in [0, 0.05) is 5.69 Å². The zero-order valence-corrected chi connectivity index (χ0v) is 19.0. The molecule has 1 fully saturated rings. The fourth-order valence-corrected chi connectivity index (χ4v) is 10.2. The lowest BCUT2D eigenvalue weighted by atomic mass is 9.96. The maximum Gasteiger partial charge on any atom is 0.258 e. The number of hydrogen-bond acceptors (Lipinski definition) is 3. The summed E-state index contributed by atoms with van der Waals surface area (Å²) in [6.07, 6.45) is 3.70. The van der Waals surface area contributed by atoms with Crippen LogP contribution in [-0.4, -0.2) is 33.5 Å². The van der Waals surface area contributed by atoms with Gasteiger partial charge in [0.05, 0.1) is 13.2 Å². The Morgan fingerprint density at radius 2 is 1.52 bits per heavy atom. The van der Waals surface area contributed by atoms with Gasteiger partial charge in [0.1, 0.15) is 11.9 Å². The second-order valence-corrected chi connectivity index (χ2v) is 13.7. The first-order valence-electron chi connectivity index (χ1n) is 9.98. The number of benzene rings is 1. The molecule has 1 amide bonds. The minimum atomic E-state index is -2.12. The van der Waals surface area contributed by atoms with E-state index in [-0.39, 0.29) is 18.1 Å². The van der Waals surface area contributed by atoms with Crippen LogP contribution in [-0.2, 0) is 9.22 Å². The van der Waals surface area contributed by atoms with Gasteiger partial charge in [0.2, 0.25) is 8.32 Å². The average molecular weight is 390 g/mol. The van der Waals surface area contributed by atoms with Crippen LogP contribution < -0.4 is 9.64 Å². The van der Waals surface area contributed by atoms with Gasteiger partial charge in [0.25, 0.3) is 5.91 Å². The average Bonchev–Trinajstić information content (AvgIpc) is 2.61. The highest BCUT2D eigenvalue weighted by atomic mass is 28.4. The lowest BCUT2D eigenvalue weighted by Gasteiger charge is -2.52. The van der Waals surface area contributed by atoms with Crippen LogP contribution in [0.25, 0.3) is 0 Å². The quantitative estimate of drug-likeness (QED) is 0.332. The molecular weight excluding hydrogens is 354 g/mol. The Balaban J connectivity index is 2.33. The molecule has 0 spiro atoms. The summed E-state index contributed by atoms with van der Waals surface area (Å²) in [5.74, 6) is 0.843. The zero-order valence-electron chi connectivity index (χ0n) is 18.0. The Morgan fingerprint density at radius 3 is 1.93 bits per heavy atom. The first-order valence-corrected chi connectivity index (χ1v) is 12.1. The summed E-state index contributed by atoms with van der Waals surface area (Å²) < 4.78 is 12.0. The van der Waals surface area contributed by atoms with Crippen LogP contribution in [0.2, 0.25) is 16.6 Å². The fourth-order valence-electron chi connectivity index (χ4n) is 4.66. The number of β-lactam (4-membered cyclic amide) rings is 1. The van der Waals surface area contributed by atoms with E-state index in [9.17, 15) is 4.79 Å². The van der Waals surface area contributed by atoms with Crippen molar-refractivity contribution in [2.45, 2.75) is 77.2 Å². The van der Waals surface area contributed by atoms with E-state index in [1.807, 2.05) is 42.2 Å². The molecule has 0 unspecified atom stereocenters. The Labute approximate surface area is 165 Å². The topological polar surface area (TPSA) is 38.8 Å². The van der Waals surface area contributed by atoms with E-state index < -0.39 is 8.32 Å². The number of carbonyl (C=O) groups is 1. The molecule has 0 saturated carbocycles. The van der Waals surface area contributed by atoms with Crippen LogP contribution in [0, 0.1) is 0 Å². The van der Waals surface area contributed by atoms with Crippen LogP contribution in [0.4, 0.5) is 5.69 Å². The Morgan fingerprint density at radius 1 is 1.00 bits per heavy atom. The molecule has 150 valence electrons. The van der Waals surface area contributed by atoms with E-state index in [2.05, 4.69) is 47.6 Å². The molecule has 1 heterocycles. The first kappa shape index (κ1) is 21.7. The molecule has 0 aromatic heterocycles. The van der Waals surface area contributed by atoms with E-state index in [1.54, 1.807) is 7.11 Å². The summed E-state index contributed by atoms with van der Waals surface area (Å²) in [5.41, 5.74) is 2.24. The molecule has 1 aliphatic heterocycles. The zero-order chi connectivity index (χ0) is 20.4. The minimum Gasteiger partial charge on any atom is -0.497 e. The van der Waals surface area contributed by atoms with Gasteiger partial charge in [-0.25, -0.2) is 0 Å². The molecule has 0 aliphatic carbocycles. The monoisotopic (exact) mass is 389 g/mol. The molecule has 2 rings (SSSR count). The van der Waals surface area contributed by atoms with Crippen molar-refractivity contribution >= 4 is 19.9 Å².